The van der Waals surface area contributed by atoms with Crippen LogP contribution in [0.2, 0.25) is 0 Å². The van der Waals surface area contributed by atoms with E-state index in [2.05, 4.69) is 16.1 Å². The number of nitrogens with zero attached hydrogens (tertiary/aromatic N) is 4. The Morgan fingerprint density at radius 3 is 2.62 bits per heavy atom. The molecule has 160 valence electrons. The molecular formula is C25H22N4O2S. The molecule has 0 atom stereocenters. The Labute approximate surface area is 190 Å². The van der Waals surface area contributed by atoms with Crippen LogP contribution in [0.25, 0.3) is 21.8 Å². The van der Waals surface area contributed by atoms with E-state index in [-0.39, 0.29) is 5.91 Å². The normalized spacial score (nSPS) is 16.3. The third-order valence-corrected chi connectivity index (χ3v) is 7.37. The van der Waals surface area contributed by atoms with Gasteiger partial charge in [0, 0.05) is 55.0 Å². The number of rotatable bonds is 2. The summed E-state index contributed by atoms with van der Waals surface area (Å²) in [6, 6.07) is 18.1. The smallest absolute Gasteiger partial charge is 0.273 e. The average Bonchev–Trinajstić information content (AvgIpc) is 3.48. The Bertz CT molecular complexity index is 1300. The largest absolute Gasteiger partial charge is 0.482 e. The van der Waals surface area contributed by atoms with Gasteiger partial charge in [0.2, 0.25) is 0 Å². The number of benzene rings is 2. The zero-order chi connectivity index (χ0) is 21.7. The highest BCUT2D eigenvalue weighted by atomic mass is 32.1. The molecule has 2 aromatic heterocycles. The number of carbonyl (C=O) groups excluding carboxylic acids is 1. The highest BCUT2D eigenvalue weighted by Crippen LogP contribution is 2.49. The zero-order valence-electron chi connectivity index (χ0n) is 17.7. The first-order valence-corrected chi connectivity index (χ1v) is 11.6. The summed E-state index contributed by atoms with van der Waals surface area (Å²) in [5, 5.41) is 7.26. The van der Waals surface area contributed by atoms with E-state index in [0.29, 0.717) is 18.8 Å². The summed E-state index contributed by atoms with van der Waals surface area (Å²) in [4.78, 5) is 19.7. The minimum atomic E-state index is -0.452. The van der Waals surface area contributed by atoms with Crippen molar-refractivity contribution in [3.63, 3.8) is 0 Å². The summed E-state index contributed by atoms with van der Waals surface area (Å²) >= 11 is 1.51. The number of thiazole rings is 1. The second-order valence-corrected chi connectivity index (χ2v) is 9.18. The van der Waals surface area contributed by atoms with Crippen molar-refractivity contribution >= 4 is 17.2 Å². The fraction of sp³-hybridized carbons (Fsp3) is 0.240. The van der Waals surface area contributed by atoms with Gasteiger partial charge in [-0.15, -0.1) is 11.3 Å². The van der Waals surface area contributed by atoms with Crippen LogP contribution in [0, 0.1) is 0 Å². The molecule has 0 aliphatic carbocycles. The van der Waals surface area contributed by atoms with Crippen LogP contribution in [0.15, 0.2) is 66.2 Å². The second-order valence-electron chi connectivity index (χ2n) is 8.32. The first kappa shape index (κ1) is 19.3. The topological polar surface area (TPSA) is 60.2 Å². The molecule has 32 heavy (non-hydrogen) atoms. The minimum absolute atomic E-state index is 0.0131. The van der Waals surface area contributed by atoms with Crippen LogP contribution in [0.1, 0.15) is 28.9 Å². The number of ether oxygens (including phenoxy) is 1. The molecule has 4 heterocycles. The number of aryl methyl sites for hydroxylation is 1. The van der Waals surface area contributed by atoms with Gasteiger partial charge in [0.05, 0.1) is 11.9 Å². The lowest BCUT2D eigenvalue weighted by atomic mass is 9.81. The summed E-state index contributed by atoms with van der Waals surface area (Å²) < 4.78 is 8.52. The van der Waals surface area contributed by atoms with Gasteiger partial charge in [-0.1, -0.05) is 42.5 Å². The van der Waals surface area contributed by atoms with Crippen molar-refractivity contribution in [3.8, 4) is 27.6 Å². The van der Waals surface area contributed by atoms with Crippen molar-refractivity contribution in [1.82, 2.24) is 19.7 Å². The molecule has 2 aliphatic heterocycles. The lowest BCUT2D eigenvalue weighted by Gasteiger charge is -2.44. The van der Waals surface area contributed by atoms with E-state index in [1.165, 1.54) is 11.3 Å². The molecule has 7 heteroatoms. The van der Waals surface area contributed by atoms with Gasteiger partial charge in [0.1, 0.15) is 22.1 Å². The third kappa shape index (κ3) is 2.96. The maximum Gasteiger partial charge on any atom is 0.273 e. The second kappa shape index (κ2) is 7.31. The fourth-order valence-electron chi connectivity index (χ4n) is 4.80. The fourth-order valence-corrected chi connectivity index (χ4v) is 5.60. The van der Waals surface area contributed by atoms with E-state index >= 15 is 0 Å². The highest BCUT2D eigenvalue weighted by molar-refractivity contribution is 7.13. The Kier molecular flexibility index (Phi) is 4.40. The molecular weight excluding hydrogens is 420 g/mol. The van der Waals surface area contributed by atoms with Crippen LogP contribution in [0.5, 0.6) is 5.75 Å². The predicted octanol–water partition coefficient (Wildman–Crippen LogP) is 4.73. The first-order chi connectivity index (χ1) is 15.6. The molecule has 0 saturated carbocycles. The minimum Gasteiger partial charge on any atom is -0.482 e. The van der Waals surface area contributed by atoms with E-state index < -0.39 is 5.60 Å². The van der Waals surface area contributed by atoms with Gasteiger partial charge in [-0.25, -0.2) is 4.98 Å². The zero-order valence-corrected chi connectivity index (χ0v) is 18.5. The number of fused-ring (bicyclic) bond motifs is 4. The maximum atomic E-state index is 13.2. The monoisotopic (exact) mass is 442 g/mol. The van der Waals surface area contributed by atoms with E-state index in [1.807, 2.05) is 76.7 Å². The standard InChI is InChI=1S/C25H22N4O2S/c1-28-22-18-9-5-6-10-21(18)31-25(19(22)15-26-28)11-13-29(14-12-25)24(30)20-16-32-23(27-20)17-7-3-2-4-8-17/h2-10,15-16H,11-14H2,1H3. The number of hydrogen-bond donors (Lipinski definition) is 0. The summed E-state index contributed by atoms with van der Waals surface area (Å²) in [6.07, 6.45) is 3.37. The van der Waals surface area contributed by atoms with Gasteiger partial charge in [-0.3, -0.25) is 9.48 Å². The van der Waals surface area contributed by atoms with E-state index in [4.69, 9.17) is 4.74 Å². The van der Waals surface area contributed by atoms with Gasteiger partial charge in [0.15, 0.2) is 0 Å². The van der Waals surface area contributed by atoms with Crippen molar-refractivity contribution in [2.45, 2.75) is 18.4 Å². The van der Waals surface area contributed by atoms with E-state index in [1.54, 1.807) is 0 Å². The molecule has 6 nitrogen and oxygen atoms in total. The van der Waals surface area contributed by atoms with Gasteiger partial charge in [-0.2, -0.15) is 5.10 Å². The Morgan fingerprint density at radius 1 is 1.06 bits per heavy atom. The number of para-hydroxylation sites is 1. The number of piperidine rings is 1. The molecule has 0 unspecified atom stereocenters. The van der Waals surface area contributed by atoms with Gasteiger partial charge in [0.25, 0.3) is 5.91 Å². The maximum absolute atomic E-state index is 13.2. The SMILES string of the molecule is Cn1ncc2c1-c1ccccc1OC21CCN(C(=O)c2csc(-c3ccccc3)n2)CC1. The molecule has 2 aliphatic rings. The van der Waals surface area contributed by atoms with Crippen molar-refractivity contribution in [2.75, 3.05) is 13.1 Å². The molecule has 1 fully saturated rings. The molecule has 0 N–H and O–H groups in total. The van der Waals surface area contributed by atoms with Crippen LogP contribution in [-0.4, -0.2) is 38.7 Å². The highest BCUT2D eigenvalue weighted by Gasteiger charge is 2.46. The Morgan fingerprint density at radius 2 is 1.81 bits per heavy atom. The molecule has 2 aromatic carbocycles. The van der Waals surface area contributed by atoms with Gasteiger partial charge >= 0.3 is 0 Å². The van der Waals surface area contributed by atoms with Gasteiger partial charge in [-0.05, 0) is 12.1 Å². The quantitative estimate of drug-likeness (QED) is 0.450. The molecule has 1 amide bonds. The molecule has 4 aromatic rings. The molecule has 6 rings (SSSR count). The lowest BCUT2D eigenvalue weighted by molar-refractivity contribution is -0.00187. The summed E-state index contributed by atoms with van der Waals surface area (Å²) in [5.41, 5.74) is 4.40. The van der Waals surface area contributed by atoms with Crippen molar-refractivity contribution < 1.29 is 9.53 Å². The number of likely N-dealkylation sites (tertiary alicyclic amines) is 1. The Balaban J connectivity index is 1.24. The molecule has 1 saturated heterocycles. The number of aromatic nitrogens is 3. The predicted molar refractivity (Wildman–Crippen MR) is 124 cm³/mol. The van der Waals surface area contributed by atoms with Gasteiger partial charge < -0.3 is 9.64 Å². The summed E-state index contributed by atoms with van der Waals surface area (Å²) in [7, 11) is 1.97. The van der Waals surface area contributed by atoms with Crippen molar-refractivity contribution in [3.05, 3.63) is 77.4 Å². The molecule has 0 bridgehead atoms. The lowest BCUT2D eigenvalue weighted by Crippen LogP contribution is -2.49. The summed E-state index contributed by atoms with van der Waals surface area (Å²) in [5.74, 6) is 0.872. The van der Waals surface area contributed by atoms with Crippen LogP contribution in [0.3, 0.4) is 0 Å². The number of amides is 1. The third-order valence-electron chi connectivity index (χ3n) is 6.48. The van der Waals surface area contributed by atoms with E-state index in [9.17, 15) is 4.79 Å². The van der Waals surface area contributed by atoms with Crippen LogP contribution in [0.4, 0.5) is 0 Å². The molecule has 1 spiro atoms. The van der Waals surface area contributed by atoms with Crippen molar-refractivity contribution in [1.29, 1.82) is 0 Å². The summed E-state index contributed by atoms with van der Waals surface area (Å²) in [6.45, 7) is 1.24. The van der Waals surface area contributed by atoms with Crippen LogP contribution in [-0.2, 0) is 12.6 Å². The van der Waals surface area contributed by atoms with Crippen LogP contribution < -0.4 is 4.74 Å². The number of carbonyl (C=O) groups is 1. The average molecular weight is 443 g/mol. The first-order valence-electron chi connectivity index (χ1n) is 10.8. The molecule has 0 radical (unpaired) electrons. The number of hydrogen-bond acceptors (Lipinski definition) is 5. The van der Waals surface area contributed by atoms with E-state index in [0.717, 1.165) is 46.0 Å². The van der Waals surface area contributed by atoms with Crippen molar-refractivity contribution in [2.24, 2.45) is 7.05 Å². The Hall–Kier alpha value is -3.45. The van der Waals surface area contributed by atoms with Crippen LogP contribution >= 0.6 is 11.3 Å².